The largest absolute Gasteiger partial charge is 0.319 e. The van der Waals surface area contributed by atoms with Crippen LogP contribution in [0.4, 0.5) is 14.5 Å². The Morgan fingerprint density at radius 2 is 1.69 bits per heavy atom. The summed E-state index contributed by atoms with van der Waals surface area (Å²) in [4.78, 5) is 15.9. The zero-order valence-corrected chi connectivity index (χ0v) is 17.2. The molecule has 0 N–H and O–H groups in total. The molecule has 0 fully saturated rings. The Balaban J connectivity index is 1.75. The van der Waals surface area contributed by atoms with Gasteiger partial charge in [-0.05, 0) is 50.2 Å². The predicted octanol–water partition coefficient (Wildman–Crippen LogP) is 5.36. The van der Waals surface area contributed by atoms with Crippen LogP contribution < -0.4 is 0 Å². The number of nitrogens with zero attached hydrogens (tertiary/aromatic N) is 6. The molecule has 156 valence electrons. The zero-order valence-electron chi connectivity index (χ0n) is 17.2. The molecule has 0 saturated heterocycles. The highest BCUT2D eigenvalue weighted by atomic mass is 19.1. The minimum atomic E-state index is -0.927. The van der Waals surface area contributed by atoms with E-state index in [4.69, 9.17) is 11.6 Å². The lowest BCUT2D eigenvalue weighted by Gasteiger charge is -2.24. The van der Waals surface area contributed by atoms with Crippen molar-refractivity contribution in [1.29, 1.82) is 5.26 Å². The average Bonchev–Trinajstić information content (AvgIpc) is 3.23. The van der Waals surface area contributed by atoms with Gasteiger partial charge in [-0.15, -0.1) is 0 Å². The molecule has 6 nitrogen and oxygen atoms in total. The van der Waals surface area contributed by atoms with Gasteiger partial charge in [-0.3, -0.25) is 4.98 Å². The first-order chi connectivity index (χ1) is 15.3. The fourth-order valence-corrected chi connectivity index (χ4v) is 3.33. The van der Waals surface area contributed by atoms with Crippen LogP contribution >= 0.6 is 0 Å². The molecule has 4 heterocycles. The van der Waals surface area contributed by atoms with Gasteiger partial charge in [-0.1, -0.05) is 12.1 Å². The predicted molar refractivity (Wildman–Crippen MR) is 114 cm³/mol. The minimum Gasteiger partial charge on any atom is -0.319 e. The van der Waals surface area contributed by atoms with E-state index in [0.717, 1.165) is 6.07 Å². The zero-order chi connectivity index (χ0) is 22.9. The van der Waals surface area contributed by atoms with Gasteiger partial charge in [0.2, 0.25) is 17.6 Å². The normalized spacial score (nSPS) is 11.1. The van der Waals surface area contributed by atoms with Gasteiger partial charge in [0.05, 0.1) is 40.9 Å². The van der Waals surface area contributed by atoms with Crippen LogP contribution in [0.3, 0.4) is 0 Å². The molecule has 4 aromatic heterocycles. The molecule has 0 amide bonds. The number of nitriles is 1. The van der Waals surface area contributed by atoms with E-state index in [1.165, 1.54) is 6.07 Å². The van der Waals surface area contributed by atoms with Crippen molar-refractivity contribution in [2.75, 3.05) is 0 Å². The lowest BCUT2D eigenvalue weighted by molar-refractivity contribution is 0.514. The molecule has 0 aromatic carbocycles. The van der Waals surface area contributed by atoms with E-state index in [-0.39, 0.29) is 16.8 Å². The molecule has 0 aliphatic rings. The van der Waals surface area contributed by atoms with Crippen molar-refractivity contribution in [3.8, 4) is 23.1 Å². The highest BCUT2D eigenvalue weighted by Crippen LogP contribution is 2.32. The summed E-state index contributed by atoms with van der Waals surface area (Å²) in [5.41, 5.74) is 1.63. The first-order valence-electron chi connectivity index (χ1n) is 9.61. The molecule has 0 saturated carbocycles. The van der Waals surface area contributed by atoms with E-state index >= 15 is 0 Å². The fourth-order valence-electron chi connectivity index (χ4n) is 3.33. The van der Waals surface area contributed by atoms with Crippen molar-refractivity contribution < 1.29 is 8.78 Å². The standard InChI is InChI=1S/C24H16F2N6/c1-24(2,19-7-4-6-17(29-19)16-10-11-21(25)31-23(16)26)20-8-5-9-22(30-20)32-13-15(12-27)18(14-32)28-3/h4-11,13-14H,1-2H3. The molecule has 32 heavy (non-hydrogen) atoms. The van der Waals surface area contributed by atoms with Gasteiger partial charge in [-0.2, -0.15) is 19.0 Å². The first-order valence-corrected chi connectivity index (χ1v) is 9.61. The van der Waals surface area contributed by atoms with E-state index in [9.17, 15) is 14.0 Å². The van der Waals surface area contributed by atoms with E-state index in [1.54, 1.807) is 35.2 Å². The summed E-state index contributed by atoms with van der Waals surface area (Å²) in [6, 6.07) is 15.1. The SMILES string of the molecule is [C-]#[N+]c1cn(-c2cccc(C(C)(C)c3cccc(-c4ccc(F)nc4F)n3)n2)cc1C#N. The Kier molecular flexibility index (Phi) is 5.21. The van der Waals surface area contributed by atoms with Crippen molar-refractivity contribution in [2.24, 2.45) is 0 Å². The van der Waals surface area contributed by atoms with Gasteiger partial charge in [0, 0.05) is 17.8 Å². The maximum Gasteiger partial charge on any atom is 0.224 e. The molecular weight excluding hydrogens is 410 g/mol. The molecule has 0 unspecified atom stereocenters. The third kappa shape index (κ3) is 3.70. The molecule has 0 aliphatic heterocycles. The van der Waals surface area contributed by atoms with Gasteiger partial charge in [-0.25, -0.2) is 9.83 Å². The summed E-state index contributed by atoms with van der Waals surface area (Å²) >= 11 is 0. The molecule has 0 atom stereocenters. The summed E-state index contributed by atoms with van der Waals surface area (Å²) in [5, 5.41) is 9.21. The number of rotatable bonds is 4. The highest BCUT2D eigenvalue weighted by molar-refractivity contribution is 5.60. The molecule has 0 spiro atoms. The van der Waals surface area contributed by atoms with Gasteiger partial charge in [0.25, 0.3) is 0 Å². The maximum absolute atomic E-state index is 14.2. The molecule has 0 aliphatic carbocycles. The Hall–Kier alpha value is -4.43. The van der Waals surface area contributed by atoms with Gasteiger partial charge in [0.15, 0.2) is 0 Å². The van der Waals surface area contributed by atoms with Gasteiger partial charge < -0.3 is 4.57 Å². The first kappa shape index (κ1) is 20.8. The van der Waals surface area contributed by atoms with Crippen LogP contribution in [-0.4, -0.2) is 19.5 Å². The Morgan fingerprint density at radius 3 is 2.34 bits per heavy atom. The Morgan fingerprint density at radius 1 is 0.969 bits per heavy atom. The Bertz CT molecular complexity index is 1380. The summed E-state index contributed by atoms with van der Waals surface area (Å²) in [6.07, 6.45) is 3.13. The molecule has 0 radical (unpaired) electrons. The van der Waals surface area contributed by atoms with E-state index in [0.29, 0.717) is 22.9 Å². The van der Waals surface area contributed by atoms with Crippen LogP contribution in [0.25, 0.3) is 21.9 Å². The second kappa shape index (κ2) is 8.01. The van der Waals surface area contributed by atoms with Crippen LogP contribution in [-0.2, 0) is 5.41 Å². The lowest BCUT2D eigenvalue weighted by Crippen LogP contribution is -2.23. The molecule has 0 bridgehead atoms. The highest BCUT2D eigenvalue weighted by Gasteiger charge is 2.27. The minimum absolute atomic E-state index is 0.105. The van der Waals surface area contributed by atoms with E-state index in [2.05, 4.69) is 14.8 Å². The average molecular weight is 426 g/mol. The number of pyridine rings is 3. The number of halogens is 2. The van der Waals surface area contributed by atoms with Crippen LogP contribution in [0.2, 0.25) is 0 Å². The third-order valence-electron chi connectivity index (χ3n) is 5.17. The van der Waals surface area contributed by atoms with Crippen LogP contribution in [0, 0.1) is 29.8 Å². The Labute approximate surface area is 183 Å². The van der Waals surface area contributed by atoms with Gasteiger partial charge >= 0.3 is 0 Å². The monoisotopic (exact) mass is 426 g/mol. The van der Waals surface area contributed by atoms with Crippen LogP contribution in [0.1, 0.15) is 30.8 Å². The van der Waals surface area contributed by atoms with E-state index in [1.807, 2.05) is 38.1 Å². The van der Waals surface area contributed by atoms with E-state index < -0.39 is 17.3 Å². The summed E-state index contributed by atoms with van der Waals surface area (Å²) < 4.78 is 29.0. The second-order valence-electron chi connectivity index (χ2n) is 7.57. The van der Waals surface area contributed by atoms with Gasteiger partial charge in [0.1, 0.15) is 5.82 Å². The fraction of sp³-hybridized carbons (Fsp3) is 0.125. The lowest BCUT2D eigenvalue weighted by atomic mass is 9.84. The number of hydrogen-bond donors (Lipinski definition) is 0. The second-order valence-corrected chi connectivity index (χ2v) is 7.57. The smallest absolute Gasteiger partial charge is 0.224 e. The van der Waals surface area contributed by atoms with Crippen LogP contribution in [0.15, 0.2) is 60.9 Å². The van der Waals surface area contributed by atoms with Crippen molar-refractivity contribution in [1.82, 2.24) is 19.5 Å². The number of hydrogen-bond acceptors (Lipinski definition) is 4. The summed E-state index contributed by atoms with van der Waals surface area (Å²) in [5.74, 6) is -1.27. The topological polar surface area (TPSA) is 71.8 Å². The molecule has 4 rings (SSSR count). The summed E-state index contributed by atoms with van der Waals surface area (Å²) in [7, 11) is 0. The van der Waals surface area contributed by atoms with Crippen molar-refractivity contribution in [3.63, 3.8) is 0 Å². The number of aromatic nitrogens is 4. The maximum atomic E-state index is 14.2. The quantitative estimate of drug-likeness (QED) is 0.326. The molecule has 8 heteroatoms. The van der Waals surface area contributed by atoms with Crippen molar-refractivity contribution >= 4 is 5.69 Å². The van der Waals surface area contributed by atoms with Crippen molar-refractivity contribution in [2.45, 2.75) is 19.3 Å². The van der Waals surface area contributed by atoms with Crippen LogP contribution in [0.5, 0.6) is 0 Å². The van der Waals surface area contributed by atoms with Crippen molar-refractivity contribution in [3.05, 3.63) is 101 Å². The molecule has 4 aromatic rings. The molecular formula is C24H16F2N6. The summed E-state index contributed by atoms with van der Waals surface area (Å²) in [6.45, 7) is 11.1. The third-order valence-corrected chi connectivity index (χ3v) is 5.17.